The molecule has 0 bridgehead atoms. The number of carbonyl (C=O) groups is 1. The van der Waals surface area contributed by atoms with E-state index in [0.29, 0.717) is 44.7 Å². The summed E-state index contributed by atoms with van der Waals surface area (Å²) in [5.41, 5.74) is 0.450. The van der Waals surface area contributed by atoms with Gasteiger partial charge in [-0.05, 0) is 11.6 Å². The van der Waals surface area contributed by atoms with Gasteiger partial charge in [0.1, 0.15) is 5.82 Å². The monoisotopic (exact) mass is 279 g/mol. The standard InChI is InChI=1S/C15H18FNO3/c16-13-4-2-1-3-12(13)11-14(18)17-7-5-15(6-8-17)19-9-10-20-15/h1-4H,5-11H2. The van der Waals surface area contributed by atoms with E-state index in [9.17, 15) is 9.18 Å². The molecule has 2 saturated heterocycles. The van der Waals surface area contributed by atoms with Crippen LogP contribution in [-0.4, -0.2) is 42.9 Å². The largest absolute Gasteiger partial charge is 0.347 e. The molecular formula is C15H18FNO3. The van der Waals surface area contributed by atoms with Crippen LogP contribution in [0.1, 0.15) is 18.4 Å². The van der Waals surface area contributed by atoms with E-state index in [4.69, 9.17) is 9.47 Å². The molecule has 3 rings (SSSR count). The second kappa shape index (κ2) is 5.50. The Balaban J connectivity index is 1.58. The van der Waals surface area contributed by atoms with Crippen LogP contribution < -0.4 is 0 Å². The lowest BCUT2D eigenvalue weighted by atomic mass is 10.0. The van der Waals surface area contributed by atoms with Gasteiger partial charge in [-0.1, -0.05) is 18.2 Å². The van der Waals surface area contributed by atoms with Crippen LogP contribution in [0.2, 0.25) is 0 Å². The molecule has 20 heavy (non-hydrogen) atoms. The van der Waals surface area contributed by atoms with E-state index >= 15 is 0 Å². The van der Waals surface area contributed by atoms with Crippen LogP contribution in [0.5, 0.6) is 0 Å². The molecule has 0 aliphatic carbocycles. The number of piperidine rings is 1. The third-order valence-corrected chi connectivity index (χ3v) is 3.99. The van der Waals surface area contributed by atoms with Crippen molar-refractivity contribution >= 4 is 5.91 Å². The van der Waals surface area contributed by atoms with Gasteiger partial charge >= 0.3 is 0 Å². The van der Waals surface area contributed by atoms with Gasteiger partial charge < -0.3 is 14.4 Å². The molecule has 2 fully saturated rings. The summed E-state index contributed by atoms with van der Waals surface area (Å²) in [4.78, 5) is 14.0. The molecule has 0 N–H and O–H groups in total. The minimum atomic E-state index is -0.477. The Labute approximate surface area is 117 Å². The molecule has 1 aromatic rings. The smallest absolute Gasteiger partial charge is 0.227 e. The summed E-state index contributed by atoms with van der Waals surface area (Å²) in [7, 11) is 0. The number of rotatable bonds is 2. The van der Waals surface area contributed by atoms with Crippen molar-refractivity contribution in [3.05, 3.63) is 35.6 Å². The first-order valence-electron chi connectivity index (χ1n) is 6.98. The van der Waals surface area contributed by atoms with Gasteiger partial charge in [-0.15, -0.1) is 0 Å². The summed E-state index contributed by atoms with van der Waals surface area (Å²) in [5, 5.41) is 0. The van der Waals surface area contributed by atoms with E-state index in [1.807, 2.05) is 0 Å². The van der Waals surface area contributed by atoms with E-state index in [-0.39, 0.29) is 18.1 Å². The molecule has 1 spiro atoms. The third kappa shape index (κ3) is 2.69. The first-order chi connectivity index (χ1) is 9.69. The van der Waals surface area contributed by atoms with E-state index in [2.05, 4.69) is 0 Å². The zero-order valence-corrected chi connectivity index (χ0v) is 11.3. The number of halogens is 1. The molecule has 0 atom stereocenters. The van der Waals surface area contributed by atoms with Crippen LogP contribution in [0.3, 0.4) is 0 Å². The normalized spacial score (nSPS) is 21.4. The van der Waals surface area contributed by atoms with Crippen LogP contribution in [-0.2, 0) is 20.7 Å². The molecule has 1 amide bonds. The summed E-state index contributed by atoms with van der Waals surface area (Å²) in [6, 6.07) is 6.41. The maximum Gasteiger partial charge on any atom is 0.227 e. The highest BCUT2D eigenvalue weighted by atomic mass is 19.1. The Kier molecular flexibility index (Phi) is 3.72. The highest BCUT2D eigenvalue weighted by Gasteiger charge is 2.40. The Morgan fingerprint density at radius 3 is 2.50 bits per heavy atom. The number of hydrogen-bond acceptors (Lipinski definition) is 3. The molecule has 2 aliphatic rings. The molecule has 108 valence electrons. The van der Waals surface area contributed by atoms with Crippen molar-refractivity contribution in [3.63, 3.8) is 0 Å². The third-order valence-electron chi connectivity index (χ3n) is 3.99. The fourth-order valence-electron chi connectivity index (χ4n) is 2.80. The summed E-state index contributed by atoms with van der Waals surface area (Å²) in [6.07, 6.45) is 1.49. The zero-order valence-electron chi connectivity index (χ0n) is 11.3. The van der Waals surface area contributed by atoms with Gasteiger partial charge in [0.2, 0.25) is 5.91 Å². The van der Waals surface area contributed by atoms with Gasteiger partial charge in [0.25, 0.3) is 0 Å². The number of ether oxygens (including phenoxy) is 2. The lowest BCUT2D eigenvalue weighted by Gasteiger charge is -2.37. The second-order valence-corrected chi connectivity index (χ2v) is 5.26. The number of likely N-dealkylation sites (tertiary alicyclic amines) is 1. The van der Waals surface area contributed by atoms with Crippen LogP contribution in [0.25, 0.3) is 0 Å². The summed E-state index contributed by atoms with van der Waals surface area (Å²) >= 11 is 0. The number of amides is 1. The molecule has 0 saturated carbocycles. The maximum absolute atomic E-state index is 13.5. The molecule has 0 radical (unpaired) electrons. The van der Waals surface area contributed by atoms with Crippen LogP contribution in [0.15, 0.2) is 24.3 Å². The highest BCUT2D eigenvalue weighted by molar-refractivity contribution is 5.78. The lowest BCUT2D eigenvalue weighted by Crippen LogP contribution is -2.47. The fourth-order valence-corrected chi connectivity index (χ4v) is 2.80. The first-order valence-corrected chi connectivity index (χ1v) is 6.98. The average Bonchev–Trinajstić information content (AvgIpc) is 2.90. The number of carbonyl (C=O) groups excluding carboxylic acids is 1. The molecule has 2 heterocycles. The van der Waals surface area contributed by atoms with Gasteiger partial charge in [-0.25, -0.2) is 4.39 Å². The van der Waals surface area contributed by atoms with E-state index in [1.54, 1.807) is 23.1 Å². The van der Waals surface area contributed by atoms with Gasteiger partial charge in [-0.2, -0.15) is 0 Å². The molecule has 0 aromatic heterocycles. The van der Waals surface area contributed by atoms with Crippen LogP contribution in [0, 0.1) is 5.82 Å². The van der Waals surface area contributed by atoms with Gasteiger partial charge in [0.15, 0.2) is 5.79 Å². The lowest BCUT2D eigenvalue weighted by molar-refractivity contribution is -0.187. The predicted octanol–water partition coefficient (Wildman–Crippen LogP) is 1.73. The maximum atomic E-state index is 13.5. The summed E-state index contributed by atoms with van der Waals surface area (Å²) in [6.45, 7) is 2.47. The SMILES string of the molecule is O=C(Cc1ccccc1F)N1CCC2(CC1)OCCO2. The summed E-state index contributed by atoms with van der Waals surface area (Å²) in [5.74, 6) is -0.839. The Morgan fingerprint density at radius 2 is 1.85 bits per heavy atom. The van der Waals surface area contributed by atoms with Crippen molar-refractivity contribution in [2.24, 2.45) is 0 Å². The Morgan fingerprint density at radius 1 is 1.20 bits per heavy atom. The minimum Gasteiger partial charge on any atom is -0.347 e. The van der Waals surface area contributed by atoms with Crippen molar-refractivity contribution in [2.45, 2.75) is 25.0 Å². The van der Waals surface area contributed by atoms with Crippen molar-refractivity contribution in [2.75, 3.05) is 26.3 Å². The van der Waals surface area contributed by atoms with Gasteiger partial charge in [-0.3, -0.25) is 4.79 Å². The molecular weight excluding hydrogens is 261 g/mol. The highest BCUT2D eigenvalue weighted by Crippen LogP contribution is 2.31. The predicted molar refractivity (Wildman–Crippen MR) is 70.6 cm³/mol. The Hall–Kier alpha value is -1.46. The first kappa shape index (κ1) is 13.5. The molecule has 1 aromatic carbocycles. The van der Waals surface area contributed by atoms with Crippen molar-refractivity contribution in [1.29, 1.82) is 0 Å². The second-order valence-electron chi connectivity index (χ2n) is 5.26. The molecule has 5 heteroatoms. The number of nitrogens with zero attached hydrogens (tertiary/aromatic N) is 1. The van der Waals surface area contributed by atoms with Crippen LogP contribution in [0.4, 0.5) is 4.39 Å². The zero-order chi connectivity index (χ0) is 14.0. The number of benzene rings is 1. The van der Waals surface area contributed by atoms with E-state index < -0.39 is 5.79 Å². The van der Waals surface area contributed by atoms with Gasteiger partial charge in [0, 0.05) is 25.9 Å². The summed E-state index contributed by atoms with van der Waals surface area (Å²) < 4.78 is 24.8. The quantitative estimate of drug-likeness (QED) is 0.827. The molecule has 0 unspecified atom stereocenters. The molecule has 2 aliphatic heterocycles. The van der Waals surface area contributed by atoms with Crippen molar-refractivity contribution < 1.29 is 18.7 Å². The van der Waals surface area contributed by atoms with Crippen molar-refractivity contribution in [1.82, 2.24) is 4.90 Å². The van der Waals surface area contributed by atoms with E-state index in [1.165, 1.54) is 6.07 Å². The van der Waals surface area contributed by atoms with Gasteiger partial charge in [0.05, 0.1) is 19.6 Å². The fraction of sp³-hybridized carbons (Fsp3) is 0.533. The van der Waals surface area contributed by atoms with Crippen LogP contribution >= 0.6 is 0 Å². The van der Waals surface area contributed by atoms with E-state index in [0.717, 1.165) is 0 Å². The average molecular weight is 279 g/mol. The Bertz CT molecular complexity index is 490. The molecule has 4 nitrogen and oxygen atoms in total. The number of hydrogen-bond donors (Lipinski definition) is 0. The van der Waals surface area contributed by atoms with Crippen molar-refractivity contribution in [3.8, 4) is 0 Å². The topological polar surface area (TPSA) is 38.8 Å². The minimum absolute atomic E-state index is 0.0389.